The summed E-state index contributed by atoms with van der Waals surface area (Å²) in [5, 5.41) is 2.08. The molecule has 0 aliphatic carbocycles. The number of carbonyl (C=O) groups excluding carboxylic acids is 1. The second-order valence-corrected chi connectivity index (χ2v) is 6.77. The third-order valence-electron chi connectivity index (χ3n) is 3.92. The van der Waals surface area contributed by atoms with Gasteiger partial charge in [0.1, 0.15) is 5.75 Å². The number of aryl methyl sites for hydroxylation is 1. The molecule has 0 saturated heterocycles. The fourth-order valence-corrected chi connectivity index (χ4v) is 3.37. The summed E-state index contributed by atoms with van der Waals surface area (Å²) in [7, 11) is 1.61. The van der Waals surface area contributed by atoms with Gasteiger partial charge in [0.05, 0.1) is 25.5 Å². The van der Waals surface area contributed by atoms with Gasteiger partial charge in [-0.1, -0.05) is 6.92 Å². The minimum atomic E-state index is 0.0388. The Morgan fingerprint density at radius 1 is 1.36 bits per heavy atom. The summed E-state index contributed by atoms with van der Waals surface area (Å²) < 4.78 is 10.9. The lowest BCUT2D eigenvalue weighted by atomic mass is 10.1. The van der Waals surface area contributed by atoms with Crippen LogP contribution in [0.4, 0.5) is 5.69 Å². The summed E-state index contributed by atoms with van der Waals surface area (Å²) in [5.74, 6) is 1.34. The van der Waals surface area contributed by atoms with Gasteiger partial charge in [0.25, 0.3) is 0 Å². The highest BCUT2D eigenvalue weighted by Crippen LogP contribution is 2.35. The molecule has 1 amide bonds. The molecule has 0 bridgehead atoms. The van der Waals surface area contributed by atoms with Crippen LogP contribution in [0.5, 0.6) is 5.75 Å². The van der Waals surface area contributed by atoms with E-state index in [0.717, 1.165) is 16.8 Å². The van der Waals surface area contributed by atoms with Gasteiger partial charge in [-0.3, -0.25) is 4.79 Å². The van der Waals surface area contributed by atoms with Gasteiger partial charge >= 0.3 is 0 Å². The van der Waals surface area contributed by atoms with Gasteiger partial charge in [-0.05, 0) is 42.1 Å². The molecule has 0 radical (unpaired) electrons. The molecule has 130 valence electrons. The molecule has 0 aliphatic heterocycles. The number of hydrogen-bond acceptors (Lipinski definition) is 5. The van der Waals surface area contributed by atoms with E-state index in [0.29, 0.717) is 24.5 Å². The van der Waals surface area contributed by atoms with E-state index in [1.54, 1.807) is 29.5 Å². The molecule has 0 N–H and O–H groups in total. The summed E-state index contributed by atoms with van der Waals surface area (Å²) in [6.07, 6.45) is 3.46. The predicted molar refractivity (Wildman–Crippen MR) is 99.0 cm³/mol. The highest BCUT2D eigenvalue weighted by molar-refractivity contribution is 7.10. The molecule has 5 nitrogen and oxygen atoms in total. The number of anilines is 1. The van der Waals surface area contributed by atoms with E-state index >= 15 is 0 Å². The third-order valence-corrected chi connectivity index (χ3v) is 4.83. The van der Waals surface area contributed by atoms with Crippen LogP contribution in [-0.4, -0.2) is 18.0 Å². The van der Waals surface area contributed by atoms with Crippen LogP contribution in [-0.2, 0) is 11.3 Å². The number of carbonyl (C=O) groups is 1. The van der Waals surface area contributed by atoms with E-state index in [-0.39, 0.29) is 5.91 Å². The second-order valence-electron chi connectivity index (χ2n) is 5.65. The molecule has 0 spiro atoms. The van der Waals surface area contributed by atoms with E-state index in [9.17, 15) is 4.79 Å². The fourth-order valence-electron chi connectivity index (χ4n) is 2.67. The molecule has 2 heterocycles. The molecular formula is C19H20N2O3S. The number of ether oxygens (including phenoxy) is 1. The molecule has 2 aromatic heterocycles. The predicted octanol–water partition coefficient (Wildman–Crippen LogP) is 4.66. The molecule has 3 aromatic rings. The van der Waals surface area contributed by atoms with Crippen LogP contribution in [0.2, 0.25) is 0 Å². The van der Waals surface area contributed by atoms with Crippen LogP contribution < -0.4 is 9.64 Å². The van der Waals surface area contributed by atoms with Crippen LogP contribution in [0.1, 0.15) is 23.8 Å². The Morgan fingerprint density at radius 2 is 2.20 bits per heavy atom. The van der Waals surface area contributed by atoms with E-state index in [1.807, 2.05) is 25.1 Å². The van der Waals surface area contributed by atoms with Gasteiger partial charge in [-0.15, -0.1) is 11.3 Å². The first-order chi connectivity index (χ1) is 12.1. The highest BCUT2D eigenvalue weighted by Gasteiger charge is 2.20. The maximum absolute atomic E-state index is 12.6. The zero-order valence-corrected chi connectivity index (χ0v) is 15.3. The Morgan fingerprint density at radius 3 is 2.80 bits per heavy atom. The lowest BCUT2D eigenvalue weighted by molar-refractivity contribution is -0.118. The van der Waals surface area contributed by atoms with Gasteiger partial charge in [0.15, 0.2) is 12.2 Å². The molecule has 1 aromatic carbocycles. The largest absolute Gasteiger partial charge is 0.495 e. The van der Waals surface area contributed by atoms with Crippen molar-refractivity contribution in [1.29, 1.82) is 0 Å². The Hall–Kier alpha value is -2.60. The van der Waals surface area contributed by atoms with Crippen molar-refractivity contribution < 1.29 is 13.9 Å². The Balaban J connectivity index is 2.03. The Labute approximate surface area is 150 Å². The van der Waals surface area contributed by atoms with Crippen LogP contribution in [0.3, 0.4) is 0 Å². The minimum absolute atomic E-state index is 0.0388. The molecular weight excluding hydrogens is 336 g/mol. The summed E-state index contributed by atoms with van der Waals surface area (Å²) >= 11 is 1.68. The van der Waals surface area contributed by atoms with Crippen molar-refractivity contribution in [3.05, 3.63) is 52.7 Å². The van der Waals surface area contributed by atoms with Gasteiger partial charge in [-0.25, -0.2) is 4.98 Å². The number of thiophene rings is 1. The van der Waals surface area contributed by atoms with E-state index < -0.39 is 0 Å². The average molecular weight is 356 g/mol. The molecule has 0 unspecified atom stereocenters. The first-order valence-electron chi connectivity index (χ1n) is 8.03. The number of methoxy groups -OCH3 is 1. The Bertz CT molecular complexity index is 855. The van der Waals surface area contributed by atoms with Gasteiger partial charge in [0.2, 0.25) is 5.91 Å². The molecule has 6 heteroatoms. The number of hydrogen-bond donors (Lipinski definition) is 0. The van der Waals surface area contributed by atoms with Crippen molar-refractivity contribution in [2.75, 3.05) is 12.0 Å². The smallest absolute Gasteiger partial charge is 0.227 e. The third kappa shape index (κ3) is 3.74. The highest BCUT2D eigenvalue weighted by atomic mass is 32.1. The Kier molecular flexibility index (Phi) is 5.19. The molecule has 3 rings (SSSR count). The zero-order valence-electron chi connectivity index (χ0n) is 14.5. The summed E-state index contributed by atoms with van der Waals surface area (Å²) in [4.78, 5) is 19.6. The summed E-state index contributed by atoms with van der Waals surface area (Å²) in [5.41, 5.74) is 2.69. The molecule has 0 fully saturated rings. The molecule has 0 atom stereocenters. The van der Waals surface area contributed by atoms with Gasteiger partial charge < -0.3 is 14.1 Å². The van der Waals surface area contributed by atoms with Crippen molar-refractivity contribution in [3.63, 3.8) is 0 Å². The maximum atomic E-state index is 12.6. The lowest BCUT2D eigenvalue weighted by Gasteiger charge is -2.24. The summed E-state index contributed by atoms with van der Waals surface area (Å²) in [6, 6.07) is 7.76. The van der Waals surface area contributed by atoms with Crippen LogP contribution in [0, 0.1) is 6.92 Å². The van der Waals surface area contributed by atoms with Crippen molar-refractivity contribution in [2.24, 2.45) is 0 Å². The molecule has 25 heavy (non-hydrogen) atoms. The monoisotopic (exact) mass is 356 g/mol. The number of nitrogens with zero attached hydrogens (tertiary/aromatic N) is 2. The fraction of sp³-hybridized carbons (Fsp3) is 0.263. The average Bonchev–Trinajstić information content (AvgIpc) is 3.30. The van der Waals surface area contributed by atoms with Gasteiger partial charge in [-0.2, -0.15) is 0 Å². The number of aromatic nitrogens is 1. The number of oxazole rings is 1. The van der Waals surface area contributed by atoms with Crippen LogP contribution in [0.25, 0.3) is 11.3 Å². The minimum Gasteiger partial charge on any atom is -0.495 e. The van der Waals surface area contributed by atoms with E-state index in [4.69, 9.17) is 9.15 Å². The van der Waals surface area contributed by atoms with E-state index in [1.165, 1.54) is 11.3 Å². The van der Waals surface area contributed by atoms with Crippen LogP contribution >= 0.6 is 11.3 Å². The number of rotatable bonds is 6. The number of benzene rings is 1. The topological polar surface area (TPSA) is 55.6 Å². The van der Waals surface area contributed by atoms with Crippen molar-refractivity contribution >= 4 is 22.9 Å². The normalized spacial score (nSPS) is 10.7. The van der Waals surface area contributed by atoms with Gasteiger partial charge in [0, 0.05) is 16.9 Å². The summed E-state index contributed by atoms with van der Waals surface area (Å²) in [6.45, 7) is 4.43. The number of amides is 1. The van der Waals surface area contributed by atoms with Crippen LogP contribution in [0.15, 0.2) is 46.7 Å². The SMILES string of the molecule is CCC(=O)N(Cc1csc(C)c1)c1cc(-c2cnco2)ccc1OC. The first kappa shape index (κ1) is 17.2. The van der Waals surface area contributed by atoms with Crippen molar-refractivity contribution in [1.82, 2.24) is 4.98 Å². The quantitative estimate of drug-likeness (QED) is 0.644. The van der Waals surface area contributed by atoms with Crippen molar-refractivity contribution in [3.8, 4) is 17.1 Å². The first-order valence-corrected chi connectivity index (χ1v) is 8.91. The standard InChI is InChI=1S/C19H20N2O3S/c1-4-19(22)21(10-14-7-13(2)25-11-14)16-8-15(5-6-17(16)23-3)18-9-20-12-24-18/h5-9,11-12H,4,10H2,1-3H3. The lowest BCUT2D eigenvalue weighted by Crippen LogP contribution is -2.29. The van der Waals surface area contributed by atoms with Crippen molar-refractivity contribution in [2.45, 2.75) is 26.8 Å². The maximum Gasteiger partial charge on any atom is 0.227 e. The zero-order chi connectivity index (χ0) is 17.8. The molecule has 0 saturated carbocycles. The van der Waals surface area contributed by atoms with E-state index in [2.05, 4.69) is 23.4 Å². The molecule has 0 aliphatic rings. The second kappa shape index (κ2) is 7.53.